The zero-order valence-electron chi connectivity index (χ0n) is 21.5. The first-order chi connectivity index (χ1) is 15.2. The number of nitrogens with zero attached hydrogens (tertiary/aromatic N) is 1. The molecule has 0 radical (unpaired) electrons. The first kappa shape index (κ1) is 27.0. The Morgan fingerprint density at radius 2 is 1.78 bits per heavy atom. The van der Waals surface area contributed by atoms with Crippen molar-refractivity contribution in [3.8, 4) is 0 Å². The third-order valence-electron chi connectivity index (χ3n) is 7.75. The van der Waals surface area contributed by atoms with Crippen LogP contribution in [0.5, 0.6) is 0 Å². The molecule has 1 N–H and O–H groups in total. The second-order valence-electron chi connectivity index (χ2n) is 10.4. The van der Waals surface area contributed by atoms with E-state index in [0.717, 1.165) is 19.4 Å². The van der Waals surface area contributed by atoms with Crippen LogP contribution in [0.25, 0.3) is 0 Å². The molecule has 3 atom stereocenters. The highest BCUT2D eigenvalue weighted by atomic mass is 31.0. The van der Waals surface area contributed by atoms with Crippen molar-refractivity contribution in [2.75, 3.05) is 13.2 Å². The van der Waals surface area contributed by atoms with E-state index in [2.05, 4.69) is 109 Å². The van der Waals surface area contributed by atoms with E-state index in [1.807, 2.05) is 6.66 Å². The first-order valence-electron chi connectivity index (χ1n) is 12.4. The van der Waals surface area contributed by atoms with Crippen molar-refractivity contribution in [1.82, 2.24) is 10.2 Å². The fourth-order valence-corrected chi connectivity index (χ4v) is 5.34. The van der Waals surface area contributed by atoms with Crippen molar-refractivity contribution in [2.24, 2.45) is 5.41 Å². The van der Waals surface area contributed by atoms with Crippen LogP contribution in [0.4, 0.5) is 0 Å². The standard InChI is InChI=1S/C28H42N2.CH5P/c1-7-8-16-24-20-25(19-22(24)2)29-28(5,6)27(3,4)26-17-12-13-18-30(26)21-23-14-10-9-11-15-23;1-2/h7-11,14-16,25-26,29H,2,12-13,17-21H2,1,3-6H3;2H2,1H3/b8-7-,24-16-;. The fourth-order valence-electron chi connectivity index (χ4n) is 5.34. The molecule has 0 bridgehead atoms. The van der Waals surface area contributed by atoms with Crippen LogP contribution in [0.1, 0.15) is 72.3 Å². The SMILES string of the molecule is C=C1CC(NC(C)(C)C(C)(C)C2CCCCN2Cc2ccccc2)C/C1=C/C=C\C.CP. The van der Waals surface area contributed by atoms with Crippen LogP contribution in [0.15, 0.2) is 66.3 Å². The minimum absolute atomic E-state index is 0.0327. The van der Waals surface area contributed by atoms with Gasteiger partial charge in [0.05, 0.1) is 0 Å². The summed E-state index contributed by atoms with van der Waals surface area (Å²) in [5.41, 5.74) is 4.31. The summed E-state index contributed by atoms with van der Waals surface area (Å²) in [6.45, 7) is 20.4. The van der Waals surface area contributed by atoms with Gasteiger partial charge in [0.1, 0.15) is 0 Å². The maximum absolute atomic E-state index is 4.33. The zero-order chi connectivity index (χ0) is 23.8. The second kappa shape index (κ2) is 12.3. The maximum Gasteiger partial charge on any atom is 0.0236 e. The Labute approximate surface area is 200 Å². The lowest BCUT2D eigenvalue weighted by molar-refractivity contribution is -0.00938. The Kier molecular flexibility index (Phi) is 10.4. The summed E-state index contributed by atoms with van der Waals surface area (Å²) >= 11 is 0. The van der Waals surface area contributed by atoms with E-state index in [0.29, 0.717) is 12.1 Å². The molecule has 3 heteroatoms. The summed E-state index contributed by atoms with van der Waals surface area (Å²) in [5, 5.41) is 4.06. The van der Waals surface area contributed by atoms with Crippen molar-refractivity contribution in [1.29, 1.82) is 0 Å². The summed E-state index contributed by atoms with van der Waals surface area (Å²) in [4.78, 5) is 2.74. The topological polar surface area (TPSA) is 15.3 Å². The van der Waals surface area contributed by atoms with Crippen LogP contribution < -0.4 is 5.32 Å². The molecule has 3 rings (SSSR count). The second-order valence-corrected chi connectivity index (χ2v) is 10.4. The van der Waals surface area contributed by atoms with Gasteiger partial charge >= 0.3 is 0 Å². The average Bonchev–Trinajstić information content (AvgIpc) is 3.12. The number of nitrogens with one attached hydrogen (secondary N) is 1. The lowest BCUT2D eigenvalue weighted by Crippen LogP contribution is -2.63. The lowest BCUT2D eigenvalue weighted by Gasteiger charge is -2.53. The van der Waals surface area contributed by atoms with Gasteiger partial charge in [0.2, 0.25) is 0 Å². The lowest BCUT2D eigenvalue weighted by atomic mass is 9.66. The van der Waals surface area contributed by atoms with Crippen LogP contribution in [-0.2, 0) is 6.54 Å². The monoisotopic (exact) mass is 454 g/mol. The van der Waals surface area contributed by atoms with Gasteiger partial charge < -0.3 is 5.32 Å². The third-order valence-corrected chi connectivity index (χ3v) is 7.75. The van der Waals surface area contributed by atoms with Gasteiger partial charge in [0.25, 0.3) is 0 Å². The first-order valence-corrected chi connectivity index (χ1v) is 13.5. The largest absolute Gasteiger partial charge is 0.308 e. The van der Waals surface area contributed by atoms with Crippen molar-refractivity contribution in [3.05, 3.63) is 71.8 Å². The van der Waals surface area contributed by atoms with E-state index >= 15 is 0 Å². The molecule has 178 valence electrons. The molecule has 3 unspecified atom stereocenters. The maximum atomic E-state index is 4.33. The average molecular weight is 455 g/mol. The fraction of sp³-hybridized carbons (Fsp3) is 0.586. The van der Waals surface area contributed by atoms with Gasteiger partial charge in [-0.2, -0.15) is 0 Å². The van der Waals surface area contributed by atoms with Crippen LogP contribution in [0, 0.1) is 5.41 Å². The van der Waals surface area contributed by atoms with Gasteiger partial charge in [-0.25, -0.2) is 0 Å². The summed E-state index contributed by atoms with van der Waals surface area (Å²) in [6, 6.07) is 12.0. The van der Waals surface area contributed by atoms with Crippen molar-refractivity contribution < 1.29 is 0 Å². The Morgan fingerprint density at radius 1 is 1.09 bits per heavy atom. The van der Waals surface area contributed by atoms with Crippen molar-refractivity contribution in [3.63, 3.8) is 0 Å². The van der Waals surface area contributed by atoms with E-state index in [9.17, 15) is 0 Å². The van der Waals surface area contributed by atoms with Crippen molar-refractivity contribution in [2.45, 2.75) is 90.9 Å². The molecule has 2 fully saturated rings. The summed E-state index contributed by atoms with van der Waals surface area (Å²) in [7, 11) is 2.42. The number of likely N-dealkylation sites (tertiary alicyclic amines) is 1. The molecule has 1 saturated carbocycles. The van der Waals surface area contributed by atoms with Gasteiger partial charge in [-0.05, 0) is 69.6 Å². The Bertz CT molecular complexity index is 776. The van der Waals surface area contributed by atoms with Crippen molar-refractivity contribution >= 4 is 9.24 Å². The molecule has 1 aliphatic carbocycles. The quantitative estimate of drug-likeness (QED) is 0.440. The molecule has 1 aromatic carbocycles. The number of rotatable bonds is 7. The van der Waals surface area contributed by atoms with Gasteiger partial charge in [-0.3, -0.25) is 4.90 Å². The summed E-state index contributed by atoms with van der Waals surface area (Å²) in [6.07, 6.45) is 12.6. The molecule has 32 heavy (non-hydrogen) atoms. The number of allylic oxidation sites excluding steroid dienone is 3. The molecule has 0 aromatic heterocycles. The highest BCUT2D eigenvalue weighted by Crippen LogP contribution is 2.43. The number of piperidine rings is 1. The third kappa shape index (κ3) is 6.66. The van der Waals surface area contributed by atoms with Gasteiger partial charge in [0, 0.05) is 24.2 Å². The molecular formula is C29H47N2P. The normalized spacial score (nSPS) is 24.1. The Balaban J connectivity index is 0.00000176. The molecule has 1 aromatic rings. The summed E-state index contributed by atoms with van der Waals surface area (Å²) < 4.78 is 0. The molecule has 0 amide bonds. The van der Waals surface area contributed by atoms with Crippen LogP contribution in [0.2, 0.25) is 0 Å². The molecule has 1 saturated heterocycles. The summed E-state index contributed by atoms with van der Waals surface area (Å²) in [5.74, 6) is 0. The number of hydrogen-bond donors (Lipinski definition) is 1. The minimum Gasteiger partial charge on any atom is -0.308 e. The zero-order valence-corrected chi connectivity index (χ0v) is 22.6. The number of benzene rings is 1. The van der Waals surface area contributed by atoms with Crippen LogP contribution >= 0.6 is 9.24 Å². The number of hydrogen-bond acceptors (Lipinski definition) is 2. The Hall–Kier alpha value is -1.21. The molecule has 1 heterocycles. The smallest absolute Gasteiger partial charge is 0.0236 e. The van der Waals surface area contributed by atoms with Gasteiger partial charge in [0.15, 0.2) is 0 Å². The predicted octanol–water partition coefficient (Wildman–Crippen LogP) is 7.15. The minimum atomic E-state index is 0.0327. The van der Waals surface area contributed by atoms with Crippen LogP contribution in [-0.4, -0.2) is 35.7 Å². The van der Waals surface area contributed by atoms with E-state index in [4.69, 9.17) is 0 Å². The highest BCUT2D eigenvalue weighted by molar-refractivity contribution is 7.15. The van der Waals surface area contributed by atoms with Gasteiger partial charge in [-0.1, -0.05) is 87.6 Å². The van der Waals surface area contributed by atoms with Gasteiger partial charge in [-0.15, -0.1) is 9.24 Å². The molecule has 2 aliphatic rings. The molecule has 2 nitrogen and oxygen atoms in total. The molecule has 1 aliphatic heterocycles. The molecule has 0 spiro atoms. The van der Waals surface area contributed by atoms with E-state index in [1.165, 1.54) is 42.5 Å². The predicted molar refractivity (Wildman–Crippen MR) is 146 cm³/mol. The highest BCUT2D eigenvalue weighted by Gasteiger charge is 2.47. The molecular weight excluding hydrogens is 407 g/mol. The van der Waals surface area contributed by atoms with Crippen LogP contribution in [0.3, 0.4) is 0 Å². The van der Waals surface area contributed by atoms with E-state index < -0.39 is 0 Å². The van der Waals surface area contributed by atoms with E-state index in [-0.39, 0.29) is 11.0 Å². The van der Waals surface area contributed by atoms with E-state index in [1.54, 1.807) is 0 Å². The Morgan fingerprint density at radius 3 is 2.44 bits per heavy atom.